The molecule has 1 atom stereocenters. The van der Waals surface area contributed by atoms with Crippen molar-refractivity contribution in [2.75, 3.05) is 0 Å². The quantitative estimate of drug-likeness (QED) is 0.721. The zero-order chi connectivity index (χ0) is 9.14. The smallest absolute Gasteiger partial charge is 0.162 e. The molecule has 2 nitrogen and oxygen atoms in total. The third-order valence-electron chi connectivity index (χ3n) is 1.78. The van der Waals surface area contributed by atoms with Gasteiger partial charge in [0.05, 0.1) is 0 Å². The molecule has 0 aliphatic heterocycles. The lowest BCUT2D eigenvalue weighted by atomic mass is 10.1. The third-order valence-corrected chi connectivity index (χ3v) is 1.78. The minimum Gasteiger partial charge on any atom is -0.381 e. The molecule has 0 aliphatic rings. The fraction of sp³-hybridized carbons (Fsp3) is 0.300. The van der Waals surface area contributed by atoms with Gasteiger partial charge in [-0.1, -0.05) is 29.8 Å². The van der Waals surface area contributed by atoms with Gasteiger partial charge in [0, 0.05) is 0 Å². The highest BCUT2D eigenvalue weighted by molar-refractivity contribution is 5.81. The Balaban J connectivity index is 2.89. The third kappa shape index (κ3) is 1.92. The van der Waals surface area contributed by atoms with Gasteiger partial charge in [0.1, 0.15) is 6.10 Å². The van der Waals surface area contributed by atoms with Crippen molar-refractivity contribution in [3.05, 3.63) is 35.4 Å². The molecule has 1 N–H and O–H groups in total. The summed E-state index contributed by atoms with van der Waals surface area (Å²) in [6.45, 7) is 3.34. The van der Waals surface area contributed by atoms with Crippen LogP contribution < -0.4 is 0 Å². The van der Waals surface area contributed by atoms with Crippen molar-refractivity contribution in [3.8, 4) is 0 Å². The van der Waals surface area contributed by atoms with Gasteiger partial charge in [-0.05, 0) is 19.4 Å². The van der Waals surface area contributed by atoms with Crippen LogP contribution in [-0.4, -0.2) is 10.9 Å². The van der Waals surface area contributed by atoms with Crippen molar-refractivity contribution in [3.63, 3.8) is 0 Å². The van der Waals surface area contributed by atoms with Gasteiger partial charge in [0.2, 0.25) is 0 Å². The molecule has 0 amide bonds. The fourth-order valence-corrected chi connectivity index (χ4v) is 0.983. The number of hydrogen-bond acceptors (Lipinski definition) is 2. The number of aryl methyl sites for hydroxylation is 1. The average molecular weight is 164 g/mol. The summed E-state index contributed by atoms with van der Waals surface area (Å²) in [6.07, 6.45) is -0.967. The van der Waals surface area contributed by atoms with Gasteiger partial charge in [-0.3, -0.25) is 4.79 Å². The van der Waals surface area contributed by atoms with Gasteiger partial charge in [0.25, 0.3) is 0 Å². The summed E-state index contributed by atoms with van der Waals surface area (Å²) in [5.74, 6) is -0.223. The number of Topliss-reactive ketones (excluding diaryl/α,β-unsaturated/α-hetero) is 1. The lowest BCUT2D eigenvalue weighted by molar-refractivity contribution is -0.125. The van der Waals surface area contributed by atoms with E-state index in [1.54, 1.807) is 12.1 Å². The maximum atomic E-state index is 10.8. The minimum absolute atomic E-state index is 0.223. The Morgan fingerprint density at radius 2 is 1.83 bits per heavy atom. The van der Waals surface area contributed by atoms with E-state index in [1.807, 2.05) is 19.1 Å². The molecule has 0 radical (unpaired) electrons. The highest BCUT2D eigenvalue weighted by Gasteiger charge is 2.11. The number of benzene rings is 1. The predicted molar refractivity (Wildman–Crippen MR) is 46.8 cm³/mol. The van der Waals surface area contributed by atoms with Crippen LogP contribution in [0, 0.1) is 6.92 Å². The second kappa shape index (κ2) is 3.50. The highest BCUT2D eigenvalue weighted by atomic mass is 16.3. The average Bonchev–Trinajstić information content (AvgIpc) is 2.04. The van der Waals surface area contributed by atoms with Crippen molar-refractivity contribution in [2.24, 2.45) is 0 Å². The van der Waals surface area contributed by atoms with Crippen LogP contribution in [0.4, 0.5) is 0 Å². The van der Waals surface area contributed by atoms with Gasteiger partial charge in [-0.25, -0.2) is 0 Å². The largest absolute Gasteiger partial charge is 0.381 e. The molecule has 0 aliphatic carbocycles. The molecular weight excluding hydrogens is 152 g/mol. The molecule has 0 spiro atoms. The van der Waals surface area contributed by atoms with Gasteiger partial charge >= 0.3 is 0 Å². The van der Waals surface area contributed by atoms with Crippen LogP contribution in [0.1, 0.15) is 24.2 Å². The molecule has 12 heavy (non-hydrogen) atoms. The highest BCUT2D eigenvalue weighted by Crippen LogP contribution is 2.13. The fourth-order valence-electron chi connectivity index (χ4n) is 0.983. The van der Waals surface area contributed by atoms with Crippen molar-refractivity contribution < 1.29 is 9.90 Å². The molecule has 0 saturated heterocycles. The summed E-state index contributed by atoms with van der Waals surface area (Å²) in [6, 6.07) is 7.28. The van der Waals surface area contributed by atoms with Gasteiger partial charge in [-0.2, -0.15) is 0 Å². The van der Waals surface area contributed by atoms with Crippen molar-refractivity contribution >= 4 is 5.78 Å². The van der Waals surface area contributed by atoms with E-state index in [1.165, 1.54) is 6.92 Å². The molecule has 0 heterocycles. The number of rotatable bonds is 2. The molecule has 0 aromatic heterocycles. The maximum absolute atomic E-state index is 10.8. The van der Waals surface area contributed by atoms with Crippen LogP contribution in [0.15, 0.2) is 24.3 Å². The van der Waals surface area contributed by atoms with E-state index in [0.29, 0.717) is 5.56 Å². The van der Waals surface area contributed by atoms with Gasteiger partial charge in [-0.15, -0.1) is 0 Å². The first kappa shape index (κ1) is 8.94. The second-order valence-corrected chi connectivity index (χ2v) is 2.92. The lowest BCUT2D eigenvalue weighted by Gasteiger charge is -2.06. The number of hydrogen-bond donors (Lipinski definition) is 1. The molecule has 0 unspecified atom stereocenters. The van der Waals surface area contributed by atoms with Crippen LogP contribution in [0.5, 0.6) is 0 Å². The molecule has 0 fully saturated rings. The lowest BCUT2D eigenvalue weighted by Crippen LogP contribution is -2.06. The number of aliphatic hydroxyl groups excluding tert-OH is 1. The first-order valence-electron chi connectivity index (χ1n) is 3.86. The van der Waals surface area contributed by atoms with Gasteiger partial charge in [0.15, 0.2) is 5.78 Å². The molecular formula is C10H12O2. The molecule has 0 bridgehead atoms. The zero-order valence-corrected chi connectivity index (χ0v) is 7.24. The summed E-state index contributed by atoms with van der Waals surface area (Å²) in [5, 5.41) is 9.34. The Morgan fingerprint density at radius 3 is 2.25 bits per heavy atom. The molecule has 64 valence electrons. The summed E-state index contributed by atoms with van der Waals surface area (Å²) >= 11 is 0. The second-order valence-electron chi connectivity index (χ2n) is 2.92. The van der Waals surface area contributed by atoms with E-state index in [4.69, 9.17) is 0 Å². The van der Waals surface area contributed by atoms with Crippen molar-refractivity contribution in [2.45, 2.75) is 20.0 Å². The van der Waals surface area contributed by atoms with Crippen LogP contribution in [-0.2, 0) is 4.79 Å². The summed E-state index contributed by atoms with van der Waals surface area (Å²) in [7, 11) is 0. The van der Waals surface area contributed by atoms with Crippen LogP contribution in [0.3, 0.4) is 0 Å². The van der Waals surface area contributed by atoms with E-state index in [0.717, 1.165) is 5.56 Å². The van der Waals surface area contributed by atoms with Crippen LogP contribution in [0.25, 0.3) is 0 Å². The Labute approximate surface area is 71.8 Å². The predicted octanol–water partition coefficient (Wildman–Crippen LogP) is 1.62. The van der Waals surface area contributed by atoms with E-state index in [2.05, 4.69) is 0 Å². The number of aliphatic hydroxyl groups is 1. The first-order valence-corrected chi connectivity index (χ1v) is 3.86. The summed E-state index contributed by atoms with van der Waals surface area (Å²) < 4.78 is 0. The van der Waals surface area contributed by atoms with E-state index in [-0.39, 0.29) is 5.78 Å². The Hall–Kier alpha value is -1.15. The van der Waals surface area contributed by atoms with Crippen LogP contribution >= 0.6 is 0 Å². The summed E-state index contributed by atoms with van der Waals surface area (Å²) in [4.78, 5) is 10.8. The molecule has 0 saturated carbocycles. The van der Waals surface area contributed by atoms with E-state index < -0.39 is 6.10 Å². The molecule has 1 rings (SSSR count). The number of carbonyl (C=O) groups excluding carboxylic acids is 1. The van der Waals surface area contributed by atoms with Gasteiger partial charge < -0.3 is 5.11 Å². The molecule has 1 aromatic carbocycles. The monoisotopic (exact) mass is 164 g/mol. The van der Waals surface area contributed by atoms with Crippen molar-refractivity contribution in [1.29, 1.82) is 0 Å². The first-order chi connectivity index (χ1) is 5.61. The Morgan fingerprint density at radius 1 is 1.33 bits per heavy atom. The molecule has 1 aromatic rings. The molecule has 2 heteroatoms. The standard InChI is InChI=1S/C10H12O2/c1-7-3-5-9(6-4-7)10(12)8(2)11/h3-6,10,12H,1-2H3/t10-/m0/s1. The number of ketones is 1. The topological polar surface area (TPSA) is 37.3 Å². The number of carbonyl (C=O) groups is 1. The summed E-state index contributed by atoms with van der Waals surface area (Å²) in [5.41, 5.74) is 1.78. The Kier molecular flexibility index (Phi) is 2.61. The normalized spacial score (nSPS) is 12.6. The maximum Gasteiger partial charge on any atom is 0.162 e. The van der Waals surface area contributed by atoms with Crippen molar-refractivity contribution in [1.82, 2.24) is 0 Å². The van der Waals surface area contributed by atoms with E-state index >= 15 is 0 Å². The Bertz CT molecular complexity index is 274. The SMILES string of the molecule is CC(=O)[C@H](O)c1ccc(C)cc1. The van der Waals surface area contributed by atoms with Crippen LogP contribution in [0.2, 0.25) is 0 Å². The zero-order valence-electron chi connectivity index (χ0n) is 7.24. The minimum atomic E-state index is -0.967. The van der Waals surface area contributed by atoms with E-state index in [9.17, 15) is 9.90 Å².